The van der Waals surface area contributed by atoms with Crippen molar-refractivity contribution in [2.45, 2.75) is 6.42 Å². The SMILES string of the molecule is COC(=O)/C(=C\C[PH](=O)CO)CC(N)=O. The van der Waals surface area contributed by atoms with Crippen LogP contribution in [0.3, 0.4) is 0 Å². The standard InChI is InChI=1S/C8H14NO5P/c1-14-8(12)6(4-7(9)11)2-3-15(13)5-10/h2,10,15H,3-5H2,1H3,(H2,9,11)/b6-2-. The van der Waals surface area contributed by atoms with Gasteiger partial charge in [0.25, 0.3) is 0 Å². The number of aliphatic hydroxyl groups is 1. The average molecular weight is 235 g/mol. The average Bonchev–Trinajstić information content (AvgIpc) is 2.21. The molecule has 0 saturated heterocycles. The molecule has 0 rings (SSSR count). The number of nitrogens with two attached hydrogens (primary N) is 1. The summed E-state index contributed by atoms with van der Waals surface area (Å²) < 4.78 is 15.3. The molecule has 1 unspecified atom stereocenters. The number of aliphatic hydroxyl groups excluding tert-OH is 1. The molecule has 1 amide bonds. The first-order valence-electron chi connectivity index (χ1n) is 4.19. The number of ether oxygens (including phenoxy) is 1. The summed E-state index contributed by atoms with van der Waals surface area (Å²) in [6.45, 7) is 0. The van der Waals surface area contributed by atoms with Crippen molar-refractivity contribution < 1.29 is 24.0 Å². The van der Waals surface area contributed by atoms with Gasteiger partial charge in [-0.3, -0.25) is 4.79 Å². The van der Waals surface area contributed by atoms with Gasteiger partial charge in [-0.1, -0.05) is 6.08 Å². The number of esters is 1. The molecule has 7 heteroatoms. The molecule has 15 heavy (non-hydrogen) atoms. The molecule has 0 aromatic rings. The molecule has 0 fully saturated rings. The molecule has 0 aromatic heterocycles. The number of hydrogen-bond donors (Lipinski definition) is 2. The van der Waals surface area contributed by atoms with E-state index in [-0.39, 0.29) is 18.2 Å². The zero-order valence-electron chi connectivity index (χ0n) is 8.36. The topological polar surface area (TPSA) is 107 Å². The molecule has 0 aliphatic heterocycles. The van der Waals surface area contributed by atoms with Crippen LogP contribution in [-0.4, -0.2) is 36.6 Å². The van der Waals surface area contributed by atoms with Gasteiger partial charge in [0.15, 0.2) is 0 Å². The minimum atomic E-state index is -2.13. The second kappa shape index (κ2) is 7.20. The summed E-state index contributed by atoms with van der Waals surface area (Å²) in [4.78, 5) is 21.7. The first kappa shape index (κ1) is 13.9. The third kappa shape index (κ3) is 6.04. The van der Waals surface area contributed by atoms with E-state index < -0.39 is 26.0 Å². The Morgan fingerprint density at radius 1 is 1.53 bits per heavy atom. The highest BCUT2D eigenvalue weighted by Gasteiger charge is 2.12. The predicted molar refractivity (Wildman–Crippen MR) is 54.9 cm³/mol. The van der Waals surface area contributed by atoms with Gasteiger partial charge in [0.05, 0.1) is 19.9 Å². The van der Waals surface area contributed by atoms with Crippen molar-refractivity contribution >= 4 is 19.7 Å². The molecular weight excluding hydrogens is 221 g/mol. The normalized spacial score (nSPS) is 13.3. The number of rotatable bonds is 6. The molecule has 0 radical (unpaired) electrons. The van der Waals surface area contributed by atoms with Crippen LogP contribution >= 0.6 is 7.80 Å². The molecule has 0 saturated carbocycles. The smallest absolute Gasteiger partial charge is 0.333 e. The number of methoxy groups -OCH3 is 1. The van der Waals surface area contributed by atoms with E-state index in [9.17, 15) is 14.2 Å². The maximum absolute atomic E-state index is 11.1. The molecular formula is C8H14NO5P. The lowest BCUT2D eigenvalue weighted by molar-refractivity contribution is -0.137. The Balaban J connectivity index is 4.54. The molecule has 0 bridgehead atoms. The summed E-state index contributed by atoms with van der Waals surface area (Å²) in [7, 11) is -0.958. The molecule has 86 valence electrons. The van der Waals surface area contributed by atoms with E-state index in [4.69, 9.17) is 10.8 Å². The fourth-order valence-corrected chi connectivity index (χ4v) is 1.45. The van der Waals surface area contributed by atoms with Crippen LogP contribution in [0, 0.1) is 0 Å². The lowest BCUT2D eigenvalue weighted by atomic mass is 10.2. The Morgan fingerprint density at radius 2 is 2.13 bits per heavy atom. The Hall–Kier alpha value is -1.13. The van der Waals surface area contributed by atoms with Crippen molar-refractivity contribution in [2.75, 3.05) is 19.6 Å². The van der Waals surface area contributed by atoms with Gasteiger partial charge in [-0.15, -0.1) is 0 Å². The molecule has 0 spiro atoms. The maximum atomic E-state index is 11.1. The van der Waals surface area contributed by atoms with Gasteiger partial charge >= 0.3 is 5.97 Å². The molecule has 0 aromatic carbocycles. The highest BCUT2D eigenvalue weighted by atomic mass is 31.1. The van der Waals surface area contributed by atoms with Gasteiger partial charge in [-0.05, 0) is 0 Å². The predicted octanol–water partition coefficient (Wildman–Crippen LogP) is -0.529. The molecule has 3 N–H and O–H groups in total. The van der Waals surface area contributed by atoms with E-state index in [0.717, 1.165) is 0 Å². The van der Waals surface area contributed by atoms with E-state index in [2.05, 4.69) is 4.74 Å². The summed E-state index contributed by atoms with van der Waals surface area (Å²) in [5, 5.41) is 8.52. The number of carbonyl (C=O) groups excluding carboxylic acids is 2. The van der Waals surface area contributed by atoms with Crippen molar-refractivity contribution in [1.29, 1.82) is 0 Å². The number of carbonyl (C=O) groups is 2. The molecule has 0 aliphatic carbocycles. The summed E-state index contributed by atoms with van der Waals surface area (Å²) >= 11 is 0. The lowest BCUT2D eigenvalue weighted by Gasteiger charge is -2.02. The quantitative estimate of drug-likeness (QED) is 0.365. The Labute approximate surface area is 87.9 Å². The van der Waals surface area contributed by atoms with Crippen molar-refractivity contribution in [3.63, 3.8) is 0 Å². The van der Waals surface area contributed by atoms with E-state index in [1.165, 1.54) is 13.2 Å². The summed E-state index contributed by atoms with van der Waals surface area (Å²) in [5.74, 6) is -1.35. The van der Waals surface area contributed by atoms with Crippen LogP contribution in [0.25, 0.3) is 0 Å². The molecule has 6 nitrogen and oxygen atoms in total. The fourth-order valence-electron chi connectivity index (χ4n) is 0.848. The van der Waals surface area contributed by atoms with Crippen LogP contribution in [0.1, 0.15) is 6.42 Å². The summed E-state index contributed by atoms with van der Waals surface area (Å²) in [6, 6.07) is 0. The third-order valence-electron chi connectivity index (χ3n) is 1.56. The van der Waals surface area contributed by atoms with Crippen molar-refractivity contribution in [3.05, 3.63) is 11.6 Å². The zero-order valence-corrected chi connectivity index (χ0v) is 9.36. The van der Waals surface area contributed by atoms with Crippen molar-refractivity contribution in [3.8, 4) is 0 Å². The number of primary amides is 1. The van der Waals surface area contributed by atoms with Gasteiger partial charge in [0.1, 0.15) is 7.80 Å². The van der Waals surface area contributed by atoms with E-state index in [1.807, 2.05) is 0 Å². The number of allylic oxidation sites excluding steroid dienone is 1. The van der Waals surface area contributed by atoms with Gasteiger partial charge in [-0.25, -0.2) is 4.79 Å². The second-order valence-electron chi connectivity index (χ2n) is 2.76. The maximum Gasteiger partial charge on any atom is 0.333 e. The van der Waals surface area contributed by atoms with Crippen LogP contribution in [0.4, 0.5) is 0 Å². The van der Waals surface area contributed by atoms with E-state index in [0.29, 0.717) is 0 Å². The number of amides is 1. The summed E-state index contributed by atoms with van der Waals surface area (Å²) in [6.07, 6.45) is 0.687. The minimum absolute atomic E-state index is 0.0544. The lowest BCUT2D eigenvalue weighted by Crippen LogP contribution is -2.16. The third-order valence-corrected chi connectivity index (χ3v) is 2.58. The van der Waals surface area contributed by atoms with Crippen molar-refractivity contribution in [1.82, 2.24) is 0 Å². The Morgan fingerprint density at radius 3 is 2.53 bits per heavy atom. The van der Waals surface area contributed by atoms with E-state index >= 15 is 0 Å². The molecule has 1 atom stereocenters. The molecule has 0 heterocycles. The zero-order chi connectivity index (χ0) is 11.8. The monoisotopic (exact) mass is 235 g/mol. The van der Waals surface area contributed by atoms with Gasteiger partial charge < -0.3 is 20.1 Å². The van der Waals surface area contributed by atoms with Crippen LogP contribution in [-0.2, 0) is 18.9 Å². The number of hydrogen-bond acceptors (Lipinski definition) is 5. The van der Waals surface area contributed by atoms with Crippen LogP contribution in [0.15, 0.2) is 11.6 Å². The largest absolute Gasteiger partial charge is 0.466 e. The highest BCUT2D eigenvalue weighted by molar-refractivity contribution is 7.44. The van der Waals surface area contributed by atoms with Gasteiger partial charge in [0.2, 0.25) is 5.91 Å². The van der Waals surface area contributed by atoms with Crippen molar-refractivity contribution in [2.24, 2.45) is 5.73 Å². The van der Waals surface area contributed by atoms with Crippen LogP contribution in [0.2, 0.25) is 0 Å². The van der Waals surface area contributed by atoms with Gasteiger partial charge in [0, 0.05) is 11.7 Å². The van der Waals surface area contributed by atoms with Gasteiger partial charge in [-0.2, -0.15) is 0 Å². The van der Waals surface area contributed by atoms with Crippen LogP contribution < -0.4 is 5.73 Å². The van der Waals surface area contributed by atoms with E-state index in [1.54, 1.807) is 0 Å². The Bertz CT molecular complexity index is 299. The minimum Gasteiger partial charge on any atom is -0.466 e. The highest BCUT2D eigenvalue weighted by Crippen LogP contribution is 2.19. The van der Waals surface area contributed by atoms with Crippen LogP contribution in [0.5, 0.6) is 0 Å². The first-order chi connectivity index (χ1) is 7.01. The molecule has 0 aliphatic rings. The first-order valence-corrected chi connectivity index (χ1v) is 6.01. The fraction of sp³-hybridized carbons (Fsp3) is 0.500. The Kier molecular flexibility index (Phi) is 6.66. The summed E-state index contributed by atoms with van der Waals surface area (Å²) in [5.41, 5.74) is 4.98. The second-order valence-corrected chi connectivity index (χ2v) is 4.57.